The summed E-state index contributed by atoms with van der Waals surface area (Å²) in [5.41, 5.74) is 5.68. The summed E-state index contributed by atoms with van der Waals surface area (Å²) in [7, 11) is 0. The van der Waals surface area contributed by atoms with Gasteiger partial charge in [0, 0.05) is 12.1 Å². The molecule has 0 aromatic rings. The van der Waals surface area contributed by atoms with Gasteiger partial charge >= 0.3 is 0 Å². The van der Waals surface area contributed by atoms with E-state index in [-0.39, 0.29) is 0 Å². The lowest BCUT2D eigenvalue weighted by molar-refractivity contribution is 0.405. The number of nitrogens with one attached hydrogen (secondary N) is 1. The van der Waals surface area contributed by atoms with Gasteiger partial charge in [0.05, 0.1) is 0 Å². The molecule has 11 heavy (non-hydrogen) atoms. The molecule has 2 atom stereocenters. The van der Waals surface area contributed by atoms with E-state index in [9.17, 15) is 0 Å². The second-order valence-electron chi connectivity index (χ2n) is 3.97. The minimum atomic E-state index is 0.757. The minimum absolute atomic E-state index is 0.757. The number of nitrogens with two attached hydrogens (primary N) is 1. The van der Waals surface area contributed by atoms with Crippen molar-refractivity contribution in [1.82, 2.24) is 5.32 Å². The van der Waals surface area contributed by atoms with Gasteiger partial charge in [-0.1, -0.05) is 6.42 Å². The van der Waals surface area contributed by atoms with Crippen molar-refractivity contribution in [3.8, 4) is 0 Å². The Kier molecular flexibility index (Phi) is 2.14. The van der Waals surface area contributed by atoms with Crippen LogP contribution in [0.2, 0.25) is 0 Å². The highest BCUT2D eigenvalue weighted by molar-refractivity contribution is 4.90. The molecule has 0 aromatic carbocycles. The van der Waals surface area contributed by atoms with Crippen LogP contribution in [-0.4, -0.2) is 18.6 Å². The Balaban J connectivity index is 1.79. The molecule has 0 amide bonds. The second kappa shape index (κ2) is 3.11. The van der Waals surface area contributed by atoms with E-state index >= 15 is 0 Å². The summed E-state index contributed by atoms with van der Waals surface area (Å²) in [5, 5.41) is 3.67. The maximum absolute atomic E-state index is 5.68. The lowest BCUT2D eigenvalue weighted by atomic mass is 10.0. The smallest absolute Gasteiger partial charge is 0.0110 e. The van der Waals surface area contributed by atoms with Crippen molar-refractivity contribution in [2.24, 2.45) is 11.7 Å². The summed E-state index contributed by atoms with van der Waals surface area (Å²) in [6, 6.07) is 1.61. The van der Waals surface area contributed by atoms with Gasteiger partial charge in [0.2, 0.25) is 0 Å². The molecule has 2 aliphatic rings. The van der Waals surface area contributed by atoms with Crippen LogP contribution in [0.1, 0.15) is 32.1 Å². The molecule has 64 valence electrons. The van der Waals surface area contributed by atoms with Crippen LogP contribution in [0.4, 0.5) is 0 Å². The fourth-order valence-corrected chi connectivity index (χ4v) is 2.09. The van der Waals surface area contributed by atoms with Crippen LogP contribution in [-0.2, 0) is 0 Å². The molecule has 0 saturated heterocycles. The summed E-state index contributed by atoms with van der Waals surface area (Å²) >= 11 is 0. The molecule has 0 heterocycles. The van der Waals surface area contributed by atoms with Crippen LogP contribution in [0.3, 0.4) is 0 Å². The predicted molar refractivity (Wildman–Crippen MR) is 46.3 cm³/mol. The standard InChI is InChI=1S/C9H18N2/c10-6-7-2-1-3-9(7)11-8-4-5-8/h7-9,11H,1-6,10H2. The minimum Gasteiger partial charge on any atom is -0.330 e. The first kappa shape index (κ1) is 7.56. The molecule has 0 radical (unpaired) electrons. The Labute approximate surface area is 68.5 Å². The summed E-state index contributed by atoms with van der Waals surface area (Å²) in [6.07, 6.45) is 6.88. The molecule has 2 saturated carbocycles. The first-order valence-corrected chi connectivity index (χ1v) is 4.86. The van der Waals surface area contributed by atoms with E-state index in [1.165, 1.54) is 32.1 Å². The maximum atomic E-state index is 5.68. The number of rotatable bonds is 3. The molecule has 2 fully saturated rings. The van der Waals surface area contributed by atoms with E-state index in [1.54, 1.807) is 0 Å². The Morgan fingerprint density at radius 1 is 1.18 bits per heavy atom. The number of hydrogen-bond acceptors (Lipinski definition) is 2. The molecule has 2 aliphatic carbocycles. The molecule has 2 heteroatoms. The summed E-state index contributed by atoms with van der Waals surface area (Å²) in [5.74, 6) is 0.774. The third kappa shape index (κ3) is 1.74. The monoisotopic (exact) mass is 154 g/mol. The van der Waals surface area contributed by atoms with Crippen molar-refractivity contribution in [1.29, 1.82) is 0 Å². The van der Waals surface area contributed by atoms with Gasteiger partial charge in [-0.05, 0) is 38.1 Å². The van der Waals surface area contributed by atoms with Crippen LogP contribution < -0.4 is 11.1 Å². The molecule has 0 aromatic heterocycles. The summed E-state index contributed by atoms with van der Waals surface area (Å²) < 4.78 is 0. The van der Waals surface area contributed by atoms with Gasteiger partial charge in [-0.3, -0.25) is 0 Å². The van der Waals surface area contributed by atoms with Crippen molar-refractivity contribution in [2.75, 3.05) is 6.54 Å². The summed E-state index contributed by atoms with van der Waals surface area (Å²) in [6.45, 7) is 0.879. The van der Waals surface area contributed by atoms with E-state index in [2.05, 4.69) is 5.32 Å². The van der Waals surface area contributed by atoms with Crippen LogP contribution in [0.5, 0.6) is 0 Å². The SMILES string of the molecule is NCC1CCCC1NC1CC1. The average Bonchev–Trinajstić information content (AvgIpc) is 2.68. The molecule has 3 N–H and O–H groups in total. The van der Waals surface area contributed by atoms with Gasteiger partial charge in [0.15, 0.2) is 0 Å². The highest BCUT2D eigenvalue weighted by atomic mass is 15.0. The lowest BCUT2D eigenvalue weighted by Gasteiger charge is -2.18. The zero-order valence-corrected chi connectivity index (χ0v) is 7.05. The molecule has 0 aliphatic heterocycles. The largest absolute Gasteiger partial charge is 0.330 e. The highest BCUT2D eigenvalue weighted by Crippen LogP contribution is 2.28. The molecular weight excluding hydrogens is 136 g/mol. The van der Waals surface area contributed by atoms with Crippen LogP contribution in [0.25, 0.3) is 0 Å². The van der Waals surface area contributed by atoms with Gasteiger partial charge in [-0.25, -0.2) is 0 Å². The molecule has 0 spiro atoms. The van der Waals surface area contributed by atoms with Gasteiger partial charge in [-0.15, -0.1) is 0 Å². The van der Waals surface area contributed by atoms with Crippen molar-refractivity contribution < 1.29 is 0 Å². The van der Waals surface area contributed by atoms with Gasteiger partial charge in [0.1, 0.15) is 0 Å². The van der Waals surface area contributed by atoms with Gasteiger partial charge in [0.25, 0.3) is 0 Å². The van der Waals surface area contributed by atoms with Crippen molar-refractivity contribution >= 4 is 0 Å². The van der Waals surface area contributed by atoms with Gasteiger partial charge in [-0.2, -0.15) is 0 Å². The zero-order chi connectivity index (χ0) is 7.68. The van der Waals surface area contributed by atoms with E-state index in [1.807, 2.05) is 0 Å². The zero-order valence-electron chi connectivity index (χ0n) is 7.05. The van der Waals surface area contributed by atoms with Crippen molar-refractivity contribution in [3.63, 3.8) is 0 Å². The van der Waals surface area contributed by atoms with E-state index in [0.29, 0.717) is 0 Å². The summed E-state index contributed by atoms with van der Waals surface area (Å²) in [4.78, 5) is 0. The Hall–Kier alpha value is -0.0800. The fourth-order valence-electron chi connectivity index (χ4n) is 2.09. The predicted octanol–water partition coefficient (Wildman–Crippen LogP) is 0.866. The molecule has 2 unspecified atom stereocenters. The van der Waals surface area contributed by atoms with Crippen molar-refractivity contribution in [2.45, 2.75) is 44.2 Å². The first-order chi connectivity index (χ1) is 5.40. The molecule has 2 rings (SSSR count). The normalized spacial score (nSPS) is 37.9. The topological polar surface area (TPSA) is 38.0 Å². The Morgan fingerprint density at radius 3 is 2.64 bits per heavy atom. The van der Waals surface area contributed by atoms with E-state index in [4.69, 9.17) is 5.73 Å². The van der Waals surface area contributed by atoms with E-state index in [0.717, 1.165) is 24.5 Å². The van der Waals surface area contributed by atoms with Crippen LogP contribution >= 0.6 is 0 Å². The van der Waals surface area contributed by atoms with Crippen LogP contribution in [0.15, 0.2) is 0 Å². The lowest BCUT2D eigenvalue weighted by Crippen LogP contribution is -2.37. The molecule has 2 nitrogen and oxygen atoms in total. The molecular formula is C9H18N2. The van der Waals surface area contributed by atoms with E-state index < -0.39 is 0 Å². The second-order valence-corrected chi connectivity index (χ2v) is 3.97. The average molecular weight is 154 g/mol. The number of hydrogen-bond donors (Lipinski definition) is 2. The molecule has 0 bridgehead atoms. The third-order valence-electron chi connectivity index (χ3n) is 2.99. The van der Waals surface area contributed by atoms with Crippen molar-refractivity contribution in [3.05, 3.63) is 0 Å². The quantitative estimate of drug-likeness (QED) is 0.633. The first-order valence-electron chi connectivity index (χ1n) is 4.86. The Morgan fingerprint density at radius 2 is 2.00 bits per heavy atom. The fraction of sp³-hybridized carbons (Fsp3) is 1.00. The highest BCUT2D eigenvalue weighted by Gasteiger charge is 2.31. The Bertz CT molecular complexity index is 132. The maximum Gasteiger partial charge on any atom is 0.0110 e. The van der Waals surface area contributed by atoms with Gasteiger partial charge < -0.3 is 11.1 Å². The van der Waals surface area contributed by atoms with Crippen LogP contribution in [0, 0.1) is 5.92 Å². The third-order valence-corrected chi connectivity index (χ3v) is 2.99.